The van der Waals surface area contributed by atoms with Gasteiger partial charge in [-0.1, -0.05) is 12.1 Å². The van der Waals surface area contributed by atoms with Gasteiger partial charge in [0.1, 0.15) is 5.82 Å². The van der Waals surface area contributed by atoms with Crippen LogP contribution in [-0.2, 0) is 11.3 Å². The molecule has 3 heterocycles. The first-order chi connectivity index (χ1) is 13.3. The van der Waals surface area contributed by atoms with E-state index in [0.717, 1.165) is 49.1 Å². The minimum Gasteiger partial charge on any atom is -0.454 e. The zero-order valence-corrected chi connectivity index (χ0v) is 17.7. The topological polar surface area (TPSA) is 67.3 Å². The van der Waals surface area contributed by atoms with Gasteiger partial charge in [-0.2, -0.15) is 0 Å². The Kier molecular flexibility index (Phi) is 9.26. The second-order valence-electron chi connectivity index (χ2n) is 6.83. The molecule has 1 aromatic carbocycles. The molecule has 0 spiro atoms. The summed E-state index contributed by atoms with van der Waals surface area (Å²) < 4.78 is 16.3. The summed E-state index contributed by atoms with van der Waals surface area (Å²) in [7, 11) is 0. The van der Waals surface area contributed by atoms with Crippen molar-refractivity contribution in [2.45, 2.75) is 12.7 Å². The molecule has 2 aliphatic rings. The first kappa shape index (κ1) is 23.5. The van der Waals surface area contributed by atoms with Crippen LogP contribution in [0, 0.1) is 0 Å². The third-order valence-corrected chi connectivity index (χ3v) is 4.83. The molecule has 0 amide bonds. The zero-order valence-electron chi connectivity index (χ0n) is 16.1. The van der Waals surface area contributed by atoms with E-state index in [2.05, 4.69) is 14.8 Å². The largest absolute Gasteiger partial charge is 0.454 e. The van der Waals surface area contributed by atoms with Crippen molar-refractivity contribution in [3.8, 4) is 11.5 Å². The molecule has 0 radical (unpaired) electrons. The Morgan fingerprint density at radius 3 is 2.59 bits per heavy atom. The molecule has 2 aliphatic heterocycles. The summed E-state index contributed by atoms with van der Waals surface area (Å²) in [5.74, 6) is 2.54. The van der Waals surface area contributed by atoms with Crippen molar-refractivity contribution in [1.29, 1.82) is 0 Å². The van der Waals surface area contributed by atoms with E-state index in [9.17, 15) is 5.11 Å². The van der Waals surface area contributed by atoms with Gasteiger partial charge >= 0.3 is 0 Å². The summed E-state index contributed by atoms with van der Waals surface area (Å²) in [5, 5.41) is 10.3. The average molecular weight is 444 g/mol. The molecule has 4 rings (SSSR count). The normalized spacial score (nSPS) is 16.7. The highest BCUT2D eigenvalue weighted by Crippen LogP contribution is 2.32. The van der Waals surface area contributed by atoms with E-state index >= 15 is 0 Å². The number of hydrogen-bond donors (Lipinski definition) is 1. The number of aromatic nitrogens is 1. The van der Waals surface area contributed by atoms with E-state index in [-0.39, 0.29) is 31.6 Å². The predicted octanol–water partition coefficient (Wildman–Crippen LogP) is 2.35. The van der Waals surface area contributed by atoms with Crippen LogP contribution in [0.2, 0.25) is 0 Å². The van der Waals surface area contributed by atoms with Gasteiger partial charge in [-0.25, -0.2) is 4.98 Å². The number of rotatable bonds is 7. The lowest BCUT2D eigenvalue weighted by Gasteiger charge is -2.36. The summed E-state index contributed by atoms with van der Waals surface area (Å²) in [5.41, 5.74) is 1.01. The van der Waals surface area contributed by atoms with E-state index in [1.165, 1.54) is 0 Å². The number of hydrogen-bond acceptors (Lipinski definition) is 7. The van der Waals surface area contributed by atoms with Gasteiger partial charge in [0.05, 0.1) is 19.3 Å². The van der Waals surface area contributed by atoms with Crippen LogP contribution in [-0.4, -0.2) is 67.2 Å². The minimum absolute atomic E-state index is 0. The Morgan fingerprint density at radius 2 is 1.83 bits per heavy atom. The molecule has 7 nitrogen and oxygen atoms in total. The highest BCUT2D eigenvalue weighted by molar-refractivity contribution is 5.85. The van der Waals surface area contributed by atoms with E-state index < -0.39 is 6.10 Å². The van der Waals surface area contributed by atoms with Gasteiger partial charge in [0, 0.05) is 38.9 Å². The molecule has 29 heavy (non-hydrogen) atoms. The zero-order chi connectivity index (χ0) is 18.5. The molecule has 0 aliphatic carbocycles. The molecular weight excluding hydrogens is 417 g/mol. The van der Waals surface area contributed by atoms with Gasteiger partial charge in [-0.05, 0) is 29.8 Å². The Morgan fingerprint density at radius 1 is 1.03 bits per heavy atom. The quantitative estimate of drug-likeness (QED) is 0.704. The van der Waals surface area contributed by atoms with Crippen LogP contribution in [0.25, 0.3) is 0 Å². The summed E-state index contributed by atoms with van der Waals surface area (Å²) in [4.78, 5) is 8.95. The number of halogens is 2. The molecule has 9 heteroatoms. The highest BCUT2D eigenvalue weighted by atomic mass is 35.5. The van der Waals surface area contributed by atoms with Gasteiger partial charge in [0.25, 0.3) is 0 Å². The van der Waals surface area contributed by atoms with Crippen LogP contribution in [0.1, 0.15) is 5.56 Å². The number of aliphatic hydroxyl groups is 1. The van der Waals surface area contributed by atoms with Crippen LogP contribution in [0.15, 0.2) is 42.6 Å². The van der Waals surface area contributed by atoms with Gasteiger partial charge in [-0.3, -0.25) is 4.90 Å². The lowest BCUT2D eigenvalue weighted by molar-refractivity contribution is 0.00909. The van der Waals surface area contributed by atoms with Crippen molar-refractivity contribution in [2.75, 3.05) is 51.0 Å². The number of anilines is 1. The fourth-order valence-corrected chi connectivity index (χ4v) is 3.39. The number of ether oxygens (including phenoxy) is 3. The van der Waals surface area contributed by atoms with Crippen molar-refractivity contribution in [3.63, 3.8) is 0 Å². The SMILES string of the molecule is Cl.Cl.OC(COCc1ccc2c(c1)OCO2)CN1CCN(c2ccccn2)CC1. The van der Waals surface area contributed by atoms with Crippen LogP contribution in [0.5, 0.6) is 11.5 Å². The monoisotopic (exact) mass is 443 g/mol. The van der Waals surface area contributed by atoms with Crippen LogP contribution in [0.4, 0.5) is 5.82 Å². The lowest BCUT2D eigenvalue weighted by Crippen LogP contribution is -2.49. The molecule has 0 bridgehead atoms. The molecule has 1 atom stereocenters. The molecule has 1 N–H and O–H groups in total. The van der Waals surface area contributed by atoms with Crippen LogP contribution in [0.3, 0.4) is 0 Å². The highest BCUT2D eigenvalue weighted by Gasteiger charge is 2.20. The summed E-state index contributed by atoms with van der Waals surface area (Å²) >= 11 is 0. The van der Waals surface area contributed by atoms with Gasteiger partial charge < -0.3 is 24.2 Å². The van der Waals surface area contributed by atoms with Crippen LogP contribution >= 0.6 is 24.8 Å². The number of β-amino-alcohol motifs (C(OH)–C–C–N with tert-alkyl or cyclic N) is 1. The Balaban J connectivity index is 0.00000150. The van der Waals surface area contributed by atoms with Crippen molar-refractivity contribution >= 4 is 30.6 Å². The maximum absolute atomic E-state index is 10.3. The van der Waals surface area contributed by atoms with Crippen molar-refractivity contribution in [3.05, 3.63) is 48.2 Å². The van der Waals surface area contributed by atoms with Gasteiger partial charge in [-0.15, -0.1) is 24.8 Å². The Hall–Kier alpha value is -1.77. The minimum atomic E-state index is -0.500. The van der Waals surface area contributed by atoms with E-state index in [1.807, 2.05) is 42.6 Å². The summed E-state index contributed by atoms with van der Waals surface area (Å²) in [6, 6.07) is 11.7. The number of nitrogens with zero attached hydrogens (tertiary/aromatic N) is 3. The van der Waals surface area contributed by atoms with Gasteiger partial charge in [0.15, 0.2) is 11.5 Å². The fourth-order valence-electron chi connectivity index (χ4n) is 3.39. The number of piperazine rings is 1. The second-order valence-corrected chi connectivity index (χ2v) is 6.83. The lowest BCUT2D eigenvalue weighted by atomic mass is 10.2. The maximum atomic E-state index is 10.3. The third-order valence-electron chi connectivity index (χ3n) is 4.83. The number of benzene rings is 1. The summed E-state index contributed by atoms with van der Waals surface area (Å²) in [6.45, 7) is 5.31. The molecule has 1 saturated heterocycles. The standard InChI is InChI=1S/C20H25N3O4.2ClH/c24-17(14-25-13-16-4-5-18-19(11-16)27-15-26-18)12-22-7-9-23(10-8-22)20-3-1-2-6-21-20;;/h1-6,11,17,24H,7-10,12-15H2;2*1H. The first-order valence-corrected chi connectivity index (χ1v) is 9.30. The summed E-state index contributed by atoms with van der Waals surface area (Å²) in [6.07, 6.45) is 1.32. The molecule has 160 valence electrons. The van der Waals surface area contributed by atoms with Crippen molar-refractivity contribution in [2.24, 2.45) is 0 Å². The molecule has 1 unspecified atom stereocenters. The second kappa shape index (κ2) is 11.4. The van der Waals surface area contributed by atoms with Crippen LogP contribution < -0.4 is 14.4 Å². The van der Waals surface area contributed by atoms with Crippen molar-refractivity contribution in [1.82, 2.24) is 9.88 Å². The molecule has 0 saturated carbocycles. The van der Waals surface area contributed by atoms with E-state index in [1.54, 1.807) is 0 Å². The fraction of sp³-hybridized carbons (Fsp3) is 0.450. The predicted molar refractivity (Wildman–Crippen MR) is 116 cm³/mol. The molecule has 1 aromatic heterocycles. The number of fused-ring (bicyclic) bond motifs is 1. The van der Waals surface area contributed by atoms with E-state index in [0.29, 0.717) is 19.8 Å². The molecular formula is C20H27Cl2N3O4. The Bertz CT molecular complexity index is 746. The molecule has 1 fully saturated rings. The number of aliphatic hydroxyl groups excluding tert-OH is 1. The number of pyridine rings is 1. The van der Waals surface area contributed by atoms with Gasteiger partial charge in [0.2, 0.25) is 6.79 Å². The average Bonchev–Trinajstić information content (AvgIpc) is 3.17. The van der Waals surface area contributed by atoms with E-state index in [4.69, 9.17) is 14.2 Å². The third kappa shape index (κ3) is 6.35. The van der Waals surface area contributed by atoms with Crippen molar-refractivity contribution < 1.29 is 19.3 Å². The first-order valence-electron chi connectivity index (χ1n) is 9.30. The Labute approximate surface area is 183 Å². The maximum Gasteiger partial charge on any atom is 0.231 e. The molecule has 2 aromatic rings. The smallest absolute Gasteiger partial charge is 0.231 e.